The number of hydrogen-bond donors (Lipinski definition) is 3. The van der Waals surface area contributed by atoms with Crippen LogP contribution in [0.5, 0.6) is 0 Å². The van der Waals surface area contributed by atoms with E-state index in [9.17, 15) is 0 Å². The molecule has 3 heteroatoms. The molecule has 3 nitrogen and oxygen atoms in total. The van der Waals surface area contributed by atoms with Crippen LogP contribution in [0.15, 0.2) is 23.6 Å². The lowest BCUT2D eigenvalue weighted by Gasteiger charge is -2.13. The Morgan fingerprint density at radius 3 is 2.78 bits per heavy atom. The second-order valence-electron chi connectivity index (χ2n) is 2.12. The minimum Gasteiger partial charge on any atom is -0.508 e. The molecule has 1 aliphatic rings. The van der Waals surface area contributed by atoms with Crippen molar-refractivity contribution in [1.29, 1.82) is 0 Å². The van der Waals surface area contributed by atoms with Crippen LogP contribution >= 0.6 is 0 Å². The molecule has 0 heterocycles. The van der Waals surface area contributed by atoms with Crippen molar-refractivity contribution in [2.45, 2.75) is 12.5 Å². The van der Waals surface area contributed by atoms with E-state index < -0.39 is 0 Å². The zero-order valence-electron chi connectivity index (χ0n) is 5.04. The smallest absolute Gasteiger partial charge is 0.113 e. The second kappa shape index (κ2) is 2.11. The van der Waals surface area contributed by atoms with E-state index in [0.717, 1.165) is 0 Å². The monoisotopic (exact) mass is 126 g/mol. The highest BCUT2D eigenvalue weighted by Gasteiger charge is 2.08. The van der Waals surface area contributed by atoms with Gasteiger partial charge in [-0.15, -0.1) is 0 Å². The maximum atomic E-state index is 8.85. The average molecular weight is 126 g/mol. The van der Waals surface area contributed by atoms with Crippen molar-refractivity contribution >= 4 is 0 Å². The molecule has 0 aromatic heterocycles. The van der Waals surface area contributed by atoms with Crippen molar-refractivity contribution in [3.63, 3.8) is 0 Å². The van der Waals surface area contributed by atoms with E-state index >= 15 is 0 Å². The Labute approximate surface area is 53.7 Å². The van der Waals surface area contributed by atoms with E-state index in [2.05, 4.69) is 0 Å². The number of aliphatic hydroxyl groups is 1. The summed E-state index contributed by atoms with van der Waals surface area (Å²) < 4.78 is 0. The molecule has 0 bridgehead atoms. The fraction of sp³-hybridized carbons (Fsp3) is 0.333. The number of rotatable bonds is 0. The van der Waals surface area contributed by atoms with Crippen LogP contribution in [-0.2, 0) is 0 Å². The highest BCUT2D eigenvalue weighted by molar-refractivity contribution is 5.24. The number of nitrogens with two attached hydrogens (primary N) is 2. The molecule has 0 saturated heterocycles. The van der Waals surface area contributed by atoms with E-state index in [1.807, 2.05) is 0 Å². The van der Waals surface area contributed by atoms with Crippen LogP contribution in [0.3, 0.4) is 0 Å². The largest absolute Gasteiger partial charge is 0.508 e. The molecular weight excluding hydrogens is 116 g/mol. The van der Waals surface area contributed by atoms with Gasteiger partial charge in [0.2, 0.25) is 0 Å². The van der Waals surface area contributed by atoms with Crippen molar-refractivity contribution in [2.75, 3.05) is 0 Å². The minimum absolute atomic E-state index is 0.110. The van der Waals surface area contributed by atoms with Gasteiger partial charge >= 0.3 is 0 Å². The van der Waals surface area contributed by atoms with Gasteiger partial charge in [0.05, 0.1) is 0 Å². The van der Waals surface area contributed by atoms with Gasteiger partial charge in [-0.1, -0.05) is 0 Å². The number of allylic oxidation sites excluding steroid dienone is 1. The maximum absolute atomic E-state index is 8.85. The lowest BCUT2D eigenvalue weighted by molar-refractivity contribution is 0.422. The van der Waals surface area contributed by atoms with Crippen LogP contribution in [0.2, 0.25) is 0 Å². The predicted octanol–water partition coefficient (Wildman–Crippen LogP) is 0.00190. The topological polar surface area (TPSA) is 72.3 Å². The highest BCUT2D eigenvalue weighted by Crippen LogP contribution is 2.09. The van der Waals surface area contributed by atoms with Gasteiger partial charge in [-0.3, -0.25) is 0 Å². The SMILES string of the molecule is NC1=CC(O)=CCC1N. The summed E-state index contributed by atoms with van der Waals surface area (Å²) in [5, 5.41) is 8.85. The third-order valence-corrected chi connectivity index (χ3v) is 1.32. The summed E-state index contributed by atoms with van der Waals surface area (Å²) >= 11 is 0. The Morgan fingerprint density at radius 2 is 2.33 bits per heavy atom. The molecule has 1 aliphatic carbocycles. The summed E-state index contributed by atoms with van der Waals surface area (Å²) in [4.78, 5) is 0. The van der Waals surface area contributed by atoms with E-state index in [-0.39, 0.29) is 11.8 Å². The molecule has 0 saturated carbocycles. The molecule has 0 radical (unpaired) electrons. The summed E-state index contributed by atoms with van der Waals surface area (Å²) in [7, 11) is 0. The van der Waals surface area contributed by atoms with E-state index in [1.54, 1.807) is 6.08 Å². The molecule has 0 spiro atoms. The van der Waals surface area contributed by atoms with Crippen molar-refractivity contribution in [3.05, 3.63) is 23.6 Å². The van der Waals surface area contributed by atoms with E-state index in [0.29, 0.717) is 12.1 Å². The Balaban J connectivity index is 2.74. The number of hydrogen-bond acceptors (Lipinski definition) is 3. The van der Waals surface area contributed by atoms with Crippen LogP contribution < -0.4 is 11.5 Å². The predicted molar refractivity (Wildman–Crippen MR) is 35.6 cm³/mol. The molecule has 0 fully saturated rings. The summed E-state index contributed by atoms with van der Waals surface area (Å²) in [6, 6.07) is -0.110. The van der Waals surface area contributed by atoms with Gasteiger partial charge in [0.15, 0.2) is 0 Å². The fourth-order valence-corrected chi connectivity index (χ4v) is 0.721. The molecule has 50 valence electrons. The first-order valence-electron chi connectivity index (χ1n) is 2.82. The molecule has 9 heavy (non-hydrogen) atoms. The van der Waals surface area contributed by atoms with Gasteiger partial charge in [0.25, 0.3) is 0 Å². The van der Waals surface area contributed by atoms with Gasteiger partial charge in [0.1, 0.15) is 5.76 Å². The summed E-state index contributed by atoms with van der Waals surface area (Å²) in [5.41, 5.74) is 11.4. The van der Waals surface area contributed by atoms with Crippen molar-refractivity contribution in [1.82, 2.24) is 0 Å². The Hall–Kier alpha value is -0.960. The van der Waals surface area contributed by atoms with Gasteiger partial charge in [-0.2, -0.15) is 0 Å². The van der Waals surface area contributed by atoms with Crippen LogP contribution in [0, 0.1) is 0 Å². The maximum Gasteiger partial charge on any atom is 0.113 e. The fourth-order valence-electron chi connectivity index (χ4n) is 0.721. The molecule has 1 unspecified atom stereocenters. The molecule has 1 atom stereocenters. The molecular formula is C6H10N2O. The minimum atomic E-state index is -0.110. The van der Waals surface area contributed by atoms with Gasteiger partial charge in [0, 0.05) is 11.7 Å². The normalized spacial score (nSPS) is 27.0. The summed E-state index contributed by atoms with van der Waals surface area (Å²) in [5.74, 6) is 0.217. The van der Waals surface area contributed by atoms with Crippen LogP contribution in [0.25, 0.3) is 0 Å². The zero-order chi connectivity index (χ0) is 6.85. The van der Waals surface area contributed by atoms with E-state index in [4.69, 9.17) is 16.6 Å². The number of aliphatic hydroxyl groups excluding tert-OH is 1. The van der Waals surface area contributed by atoms with E-state index in [1.165, 1.54) is 6.08 Å². The third-order valence-electron chi connectivity index (χ3n) is 1.32. The van der Waals surface area contributed by atoms with Gasteiger partial charge < -0.3 is 16.6 Å². The summed E-state index contributed by atoms with van der Waals surface area (Å²) in [6.07, 6.45) is 3.77. The Kier molecular flexibility index (Phi) is 1.44. The quantitative estimate of drug-likeness (QED) is 0.428. The summed E-state index contributed by atoms with van der Waals surface area (Å²) in [6.45, 7) is 0. The zero-order valence-corrected chi connectivity index (χ0v) is 5.04. The molecule has 0 aromatic rings. The van der Waals surface area contributed by atoms with Gasteiger partial charge in [-0.05, 0) is 18.6 Å². The molecule has 5 N–H and O–H groups in total. The van der Waals surface area contributed by atoms with Crippen molar-refractivity contribution in [3.8, 4) is 0 Å². The molecule has 0 amide bonds. The molecule has 0 aromatic carbocycles. The first-order chi connectivity index (χ1) is 4.20. The van der Waals surface area contributed by atoms with Crippen LogP contribution in [0.1, 0.15) is 6.42 Å². The Morgan fingerprint density at radius 1 is 1.67 bits per heavy atom. The molecule has 1 rings (SSSR count). The standard InChI is InChI=1S/C6H10N2O/c7-5-2-1-4(9)3-6(5)8/h1,3,5,9H,2,7-8H2. The Bertz CT molecular complexity index is 172. The van der Waals surface area contributed by atoms with Crippen molar-refractivity contribution < 1.29 is 5.11 Å². The molecule has 0 aliphatic heterocycles. The highest BCUT2D eigenvalue weighted by atomic mass is 16.3. The first kappa shape index (κ1) is 6.16. The lowest BCUT2D eigenvalue weighted by Crippen LogP contribution is -2.28. The van der Waals surface area contributed by atoms with Crippen LogP contribution in [0.4, 0.5) is 0 Å². The van der Waals surface area contributed by atoms with Crippen molar-refractivity contribution in [2.24, 2.45) is 11.5 Å². The third kappa shape index (κ3) is 1.23. The lowest BCUT2D eigenvalue weighted by atomic mass is 10.1. The second-order valence-corrected chi connectivity index (χ2v) is 2.12. The first-order valence-corrected chi connectivity index (χ1v) is 2.82. The average Bonchev–Trinajstić information content (AvgIpc) is 1.80. The van der Waals surface area contributed by atoms with Gasteiger partial charge in [-0.25, -0.2) is 0 Å². The van der Waals surface area contributed by atoms with Crippen LogP contribution in [-0.4, -0.2) is 11.1 Å².